The van der Waals surface area contributed by atoms with Gasteiger partial charge in [0.1, 0.15) is 0 Å². The Morgan fingerprint density at radius 1 is 1.07 bits per heavy atom. The number of pyridine rings is 1. The average Bonchev–Trinajstić information content (AvgIpc) is 3.30. The van der Waals surface area contributed by atoms with E-state index in [1.54, 1.807) is 18.3 Å². The Labute approximate surface area is 168 Å². The van der Waals surface area contributed by atoms with E-state index in [1.807, 2.05) is 30.3 Å². The number of nitrogens with zero attached hydrogens (tertiary/aromatic N) is 4. The molecule has 3 aromatic rings. The third-order valence-corrected chi connectivity index (χ3v) is 4.73. The summed E-state index contributed by atoms with van der Waals surface area (Å²) < 4.78 is 5.05. The Balaban J connectivity index is 1.40. The van der Waals surface area contributed by atoms with Gasteiger partial charge in [0.25, 0.3) is 5.91 Å². The van der Waals surface area contributed by atoms with Gasteiger partial charge in [-0.25, -0.2) is 4.98 Å². The van der Waals surface area contributed by atoms with Crippen molar-refractivity contribution >= 4 is 28.8 Å². The predicted octanol–water partition coefficient (Wildman–Crippen LogP) is 3.48. The molecule has 0 spiro atoms. The summed E-state index contributed by atoms with van der Waals surface area (Å²) in [6.07, 6.45) is 5.76. The van der Waals surface area contributed by atoms with E-state index in [1.165, 1.54) is 26.1 Å². The number of nitrogens with one attached hydrogen (secondary N) is 2. The summed E-state index contributed by atoms with van der Waals surface area (Å²) in [7, 11) is 1.51. The molecule has 0 aliphatic carbocycles. The first-order valence-corrected chi connectivity index (χ1v) is 9.47. The van der Waals surface area contributed by atoms with Gasteiger partial charge in [-0.1, -0.05) is 0 Å². The van der Waals surface area contributed by atoms with E-state index >= 15 is 0 Å². The molecule has 3 heterocycles. The first-order chi connectivity index (χ1) is 14.2. The van der Waals surface area contributed by atoms with Crippen LogP contribution in [0.15, 0.2) is 54.9 Å². The van der Waals surface area contributed by atoms with E-state index < -0.39 is 0 Å². The number of carbonyl (C=O) groups is 1. The van der Waals surface area contributed by atoms with Gasteiger partial charge in [0.15, 0.2) is 5.82 Å². The van der Waals surface area contributed by atoms with Crippen LogP contribution in [-0.2, 0) is 0 Å². The van der Waals surface area contributed by atoms with Crippen LogP contribution < -0.4 is 20.3 Å². The molecule has 0 atom stereocenters. The first-order valence-electron chi connectivity index (χ1n) is 9.47. The Hall–Kier alpha value is -3.68. The number of amides is 1. The second-order valence-corrected chi connectivity index (χ2v) is 6.74. The van der Waals surface area contributed by atoms with Gasteiger partial charge in [0, 0.05) is 48.4 Å². The molecule has 4 rings (SSSR count). The molecule has 2 aromatic heterocycles. The highest BCUT2D eigenvalue weighted by atomic mass is 16.5. The van der Waals surface area contributed by atoms with Gasteiger partial charge in [-0.2, -0.15) is 5.10 Å². The van der Waals surface area contributed by atoms with E-state index in [9.17, 15) is 4.79 Å². The van der Waals surface area contributed by atoms with Crippen LogP contribution in [0.2, 0.25) is 0 Å². The molecule has 29 heavy (non-hydrogen) atoms. The summed E-state index contributed by atoms with van der Waals surface area (Å²) >= 11 is 0. The topological polar surface area (TPSA) is 92.3 Å². The summed E-state index contributed by atoms with van der Waals surface area (Å²) in [5.41, 5.74) is 3.11. The van der Waals surface area contributed by atoms with E-state index in [2.05, 4.69) is 30.7 Å². The van der Waals surface area contributed by atoms with Crippen LogP contribution >= 0.6 is 0 Å². The van der Waals surface area contributed by atoms with Crippen LogP contribution in [0, 0.1) is 0 Å². The quantitative estimate of drug-likeness (QED) is 0.666. The van der Waals surface area contributed by atoms with E-state index in [4.69, 9.17) is 4.74 Å². The Kier molecular flexibility index (Phi) is 5.51. The number of hydrogen-bond donors (Lipinski definition) is 2. The number of ether oxygens (including phenoxy) is 1. The highest BCUT2D eigenvalue weighted by Crippen LogP contribution is 2.23. The fourth-order valence-electron chi connectivity index (χ4n) is 3.22. The average molecular weight is 390 g/mol. The SMILES string of the molecule is COc1cc(C(=O)Nc2ccc(Nc3cc(N4CCCC4)cnn3)cc2)ccn1. The summed E-state index contributed by atoms with van der Waals surface area (Å²) in [6.45, 7) is 2.12. The van der Waals surface area contributed by atoms with E-state index in [0.29, 0.717) is 22.9 Å². The summed E-state index contributed by atoms with van der Waals surface area (Å²) in [6, 6.07) is 12.7. The molecule has 2 N–H and O–H groups in total. The van der Waals surface area contributed by atoms with Crippen LogP contribution in [0.1, 0.15) is 23.2 Å². The standard InChI is InChI=1S/C21H22N6O2/c1-29-20-12-15(8-9-22-20)21(28)25-17-6-4-16(5-7-17)24-19-13-18(14-23-26-19)27-10-2-3-11-27/h4-9,12-14H,2-3,10-11H2,1H3,(H,24,26)(H,25,28). The van der Waals surface area contributed by atoms with E-state index in [-0.39, 0.29) is 5.91 Å². The Morgan fingerprint density at radius 2 is 1.83 bits per heavy atom. The third kappa shape index (κ3) is 4.60. The van der Waals surface area contributed by atoms with Crippen molar-refractivity contribution < 1.29 is 9.53 Å². The van der Waals surface area contributed by atoms with Crippen LogP contribution in [0.3, 0.4) is 0 Å². The van der Waals surface area contributed by atoms with Gasteiger partial charge >= 0.3 is 0 Å². The van der Waals surface area contributed by atoms with Crippen molar-refractivity contribution in [3.8, 4) is 5.88 Å². The van der Waals surface area contributed by atoms with Gasteiger partial charge in [-0.05, 0) is 43.2 Å². The minimum atomic E-state index is -0.226. The summed E-state index contributed by atoms with van der Waals surface area (Å²) in [5.74, 6) is 0.861. The smallest absolute Gasteiger partial charge is 0.255 e. The monoisotopic (exact) mass is 390 g/mol. The molecule has 1 saturated heterocycles. The van der Waals surface area contributed by atoms with Crippen molar-refractivity contribution in [3.05, 3.63) is 60.4 Å². The number of rotatable bonds is 6. The first kappa shape index (κ1) is 18.7. The molecule has 0 radical (unpaired) electrons. The van der Waals surface area contributed by atoms with Gasteiger partial charge in [0.2, 0.25) is 5.88 Å². The van der Waals surface area contributed by atoms with Crippen LogP contribution in [0.5, 0.6) is 5.88 Å². The van der Waals surface area contributed by atoms with Crippen LogP contribution in [-0.4, -0.2) is 41.3 Å². The molecule has 8 nitrogen and oxygen atoms in total. The molecule has 0 unspecified atom stereocenters. The van der Waals surface area contributed by atoms with Gasteiger partial charge in [-0.15, -0.1) is 5.10 Å². The fourth-order valence-corrected chi connectivity index (χ4v) is 3.22. The number of anilines is 4. The zero-order chi connectivity index (χ0) is 20.1. The zero-order valence-corrected chi connectivity index (χ0v) is 16.1. The Bertz CT molecular complexity index is 986. The van der Waals surface area contributed by atoms with Crippen molar-refractivity contribution in [2.24, 2.45) is 0 Å². The lowest BCUT2D eigenvalue weighted by Crippen LogP contribution is -2.18. The molecule has 148 valence electrons. The lowest BCUT2D eigenvalue weighted by atomic mass is 10.2. The predicted molar refractivity (Wildman–Crippen MR) is 112 cm³/mol. The number of carbonyl (C=O) groups excluding carboxylic acids is 1. The van der Waals surface area contributed by atoms with Crippen molar-refractivity contribution in [3.63, 3.8) is 0 Å². The van der Waals surface area contributed by atoms with Crippen molar-refractivity contribution in [1.29, 1.82) is 0 Å². The number of aromatic nitrogens is 3. The largest absolute Gasteiger partial charge is 0.481 e. The third-order valence-electron chi connectivity index (χ3n) is 4.73. The van der Waals surface area contributed by atoms with E-state index in [0.717, 1.165) is 24.5 Å². The second-order valence-electron chi connectivity index (χ2n) is 6.74. The normalized spacial score (nSPS) is 13.2. The number of methoxy groups -OCH3 is 1. The molecule has 1 amide bonds. The fraction of sp³-hybridized carbons (Fsp3) is 0.238. The summed E-state index contributed by atoms with van der Waals surface area (Å²) in [4.78, 5) is 18.7. The van der Waals surface area contributed by atoms with Crippen LogP contribution in [0.4, 0.5) is 22.9 Å². The minimum Gasteiger partial charge on any atom is -0.481 e. The highest BCUT2D eigenvalue weighted by molar-refractivity contribution is 6.04. The maximum absolute atomic E-state index is 12.4. The molecule has 0 saturated carbocycles. The van der Waals surface area contributed by atoms with Crippen molar-refractivity contribution in [2.45, 2.75) is 12.8 Å². The molecule has 0 bridgehead atoms. The lowest BCUT2D eigenvalue weighted by molar-refractivity contribution is 0.102. The van der Waals surface area contributed by atoms with Gasteiger partial charge in [0.05, 0.1) is 19.0 Å². The molecule has 1 aromatic carbocycles. The van der Waals surface area contributed by atoms with Gasteiger partial charge in [-0.3, -0.25) is 4.79 Å². The number of benzene rings is 1. The van der Waals surface area contributed by atoms with Crippen molar-refractivity contribution in [2.75, 3.05) is 35.7 Å². The summed E-state index contributed by atoms with van der Waals surface area (Å²) in [5, 5.41) is 14.4. The molecule has 1 aliphatic heterocycles. The number of hydrogen-bond acceptors (Lipinski definition) is 7. The maximum Gasteiger partial charge on any atom is 0.255 e. The second kappa shape index (κ2) is 8.55. The minimum absolute atomic E-state index is 0.226. The molecular weight excluding hydrogens is 368 g/mol. The van der Waals surface area contributed by atoms with Gasteiger partial charge < -0.3 is 20.3 Å². The maximum atomic E-state index is 12.4. The molecule has 1 fully saturated rings. The van der Waals surface area contributed by atoms with Crippen molar-refractivity contribution in [1.82, 2.24) is 15.2 Å². The lowest BCUT2D eigenvalue weighted by Gasteiger charge is -2.17. The highest BCUT2D eigenvalue weighted by Gasteiger charge is 2.13. The van der Waals surface area contributed by atoms with Crippen LogP contribution in [0.25, 0.3) is 0 Å². The zero-order valence-electron chi connectivity index (χ0n) is 16.1. The molecular formula is C21H22N6O2. The molecule has 1 aliphatic rings. The molecule has 8 heteroatoms. The Morgan fingerprint density at radius 3 is 2.59 bits per heavy atom.